The number of aliphatic hydroxyl groups excluding tert-OH is 1. The van der Waals surface area contributed by atoms with E-state index in [2.05, 4.69) is 130 Å². The van der Waals surface area contributed by atoms with E-state index in [4.69, 9.17) is 56.8 Å². The van der Waals surface area contributed by atoms with Crippen LogP contribution < -0.4 is 28.4 Å². The Labute approximate surface area is 635 Å². The molecule has 8 aromatic carbocycles. The summed E-state index contributed by atoms with van der Waals surface area (Å²) < 4.78 is 66.3. The van der Waals surface area contributed by atoms with Crippen LogP contribution >= 0.6 is 0 Å². The highest BCUT2D eigenvalue weighted by Gasteiger charge is 2.20. The number of benzene rings is 8. The van der Waals surface area contributed by atoms with E-state index in [-0.39, 0.29) is 57.7 Å². The van der Waals surface area contributed by atoms with Crippen molar-refractivity contribution < 1.29 is 77.0 Å². The van der Waals surface area contributed by atoms with Gasteiger partial charge in [-0.15, -0.1) is 0 Å². The van der Waals surface area contributed by atoms with Crippen LogP contribution in [-0.4, -0.2) is 84.0 Å². The summed E-state index contributed by atoms with van der Waals surface area (Å²) in [6.45, 7) is 29.1. The predicted octanol–water partition coefficient (Wildman–Crippen LogP) is 20.8. The molecule has 0 spiro atoms. The number of carbonyl (C=O) groups is 1. The number of aliphatic hydroxyl groups is 1. The van der Waals surface area contributed by atoms with Gasteiger partial charge in [-0.3, -0.25) is 4.79 Å². The largest absolute Gasteiger partial charge is 0.507 e. The maximum Gasteiger partial charge on any atom is 0.308 e. The van der Waals surface area contributed by atoms with Crippen molar-refractivity contribution in [2.24, 2.45) is 0 Å². The Bertz CT molecular complexity index is 3710. The average Bonchev–Trinajstić information content (AvgIpc) is 0.676. The molecule has 16 heteroatoms. The third-order valence-electron chi connectivity index (χ3n) is 18.5. The first-order valence-electron chi connectivity index (χ1n) is 36.2. The topological polar surface area (TPSA) is 189 Å². The molecule has 8 aromatic rings. The lowest BCUT2D eigenvalue weighted by atomic mass is 9.82. The molecule has 0 aliphatic carbocycles. The van der Waals surface area contributed by atoms with E-state index in [0.29, 0.717) is 87.5 Å². The van der Waals surface area contributed by atoms with Crippen molar-refractivity contribution in [3.05, 3.63) is 235 Å². The first kappa shape index (κ1) is 91.8. The van der Waals surface area contributed by atoms with Gasteiger partial charge in [0, 0.05) is 107 Å². The van der Waals surface area contributed by atoms with Crippen LogP contribution in [0.2, 0.25) is 0 Å². The Morgan fingerprint density at radius 2 is 0.717 bits per heavy atom. The van der Waals surface area contributed by atoms with Crippen LogP contribution in [0.3, 0.4) is 0 Å². The fraction of sp³-hybridized carbons (Fsp3) is 0.456. The van der Waals surface area contributed by atoms with Crippen molar-refractivity contribution in [1.29, 1.82) is 0 Å². The molecule has 106 heavy (non-hydrogen) atoms. The van der Waals surface area contributed by atoms with Crippen molar-refractivity contribution in [1.82, 2.24) is 0 Å². The van der Waals surface area contributed by atoms with Gasteiger partial charge in [0.05, 0.1) is 59.5 Å². The molecule has 3 atom stereocenters. The van der Waals surface area contributed by atoms with E-state index in [1.54, 1.807) is 48.7 Å². The monoisotopic (exact) mass is 1460 g/mol. The van der Waals surface area contributed by atoms with Gasteiger partial charge in [-0.25, -0.2) is 0 Å². The third-order valence-corrected chi connectivity index (χ3v) is 18.5. The SMILES string of the molecule is C.C.CCC(C)(C)c1ccc(OCCc2cc(COC)c(O)c(COC)c2)cc1.CCC(C)c1ccc(OCCc2cc(COC)c(OC(C)=O)c(COC)c2)cc1.CCC(C)c1ccc(OCOc2c(COC)cc(C)cc2COC)cc1.CCC(C)c1ccc(OCc2cc(C)cc(CO)c2O)cc1. The van der Waals surface area contributed by atoms with Gasteiger partial charge in [-0.2, -0.15) is 0 Å². The lowest BCUT2D eigenvalue weighted by molar-refractivity contribution is -0.132. The van der Waals surface area contributed by atoms with Gasteiger partial charge in [0.1, 0.15) is 52.6 Å². The lowest BCUT2D eigenvalue weighted by Gasteiger charge is -2.23. The van der Waals surface area contributed by atoms with E-state index in [1.165, 1.54) is 29.2 Å². The second-order valence-electron chi connectivity index (χ2n) is 27.0. The Morgan fingerprint density at radius 1 is 0.406 bits per heavy atom. The minimum absolute atomic E-state index is 0. The number of esters is 1. The molecule has 8 rings (SSSR count). The number of phenols is 2. The van der Waals surface area contributed by atoms with Gasteiger partial charge in [0.2, 0.25) is 6.79 Å². The van der Waals surface area contributed by atoms with Crippen LogP contribution in [0.15, 0.2) is 146 Å². The minimum atomic E-state index is -0.364. The lowest BCUT2D eigenvalue weighted by Crippen LogP contribution is -2.15. The number of carbonyl (C=O) groups excluding carboxylic acids is 1. The predicted molar refractivity (Wildman–Crippen MR) is 428 cm³/mol. The highest BCUT2D eigenvalue weighted by molar-refractivity contribution is 5.70. The summed E-state index contributed by atoms with van der Waals surface area (Å²) in [5.74, 6) is 6.26. The van der Waals surface area contributed by atoms with Gasteiger partial charge >= 0.3 is 5.97 Å². The molecule has 0 amide bonds. The van der Waals surface area contributed by atoms with Crippen molar-refractivity contribution in [3.8, 4) is 46.0 Å². The number of ether oxygens (including phenoxy) is 12. The zero-order chi connectivity index (χ0) is 76.1. The number of hydrogen-bond acceptors (Lipinski definition) is 16. The van der Waals surface area contributed by atoms with E-state index >= 15 is 0 Å². The summed E-state index contributed by atoms with van der Waals surface area (Å²) in [7, 11) is 9.83. The molecule has 0 aliphatic heterocycles. The summed E-state index contributed by atoms with van der Waals surface area (Å²) in [6.07, 6.45) is 5.93. The number of phenolic OH excluding ortho intramolecular Hbond substituents is 1. The molecule has 0 heterocycles. The molecule has 16 nitrogen and oxygen atoms in total. The van der Waals surface area contributed by atoms with Crippen LogP contribution in [0.25, 0.3) is 0 Å². The fourth-order valence-corrected chi connectivity index (χ4v) is 11.6. The molecular formula is C90H126O16. The molecule has 3 unspecified atom stereocenters. The van der Waals surface area contributed by atoms with Crippen molar-refractivity contribution in [3.63, 3.8) is 0 Å². The Morgan fingerprint density at radius 3 is 1.08 bits per heavy atom. The van der Waals surface area contributed by atoms with Gasteiger partial charge in [-0.1, -0.05) is 155 Å². The number of aromatic hydroxyl groups is 2. The first-order valence-corrected chi connectivity index (χ1v) is 36.2. The first-order chi connectivity index (χ1) is 50.0. The van der Waals surface area contributed by atoms with Crippen LogP contribution in [0, 0.1) is 13.8 Å². The van der Waals surface area contributed by atoms with E-state index in [1.807, 2.05) is 85.8 Å². The molecule has 0 fully saturated rings. The number of aryl methyl sites for hydroxylation is 2. The molecular weight excluding hydrogens is 1340 g/mol. The summed E-state index contributed by atoms with van der Waals surface area (Å²) in [5.41, 5.74) is 16.2. The Balaban J connectivity index is 0.000000366. The zero-order valence-electron chi connectivity index (χ0n) is 65.3. The molecule has 0 aromatic heterocycles. The van der Waals surface area contributed by atoms with Gasteiger partial charge in [-0.05, 0) is 175 Å². The van der Waals surface area contributed by atoms with Crippen LogP contribution in [0.1, 0.15) is 217 Å². The van der Waals surface area contributed by atoms with E-state index in [9.17, 15) is 20.1 Å². The molecule has 0 radical (unpaired) electrons. The molecule has 0 saturated heterocycles. The third kappa shape index (κ3) is 29.7. The Kier molecular flexibility index (Phi) is 42.1. The summed E-state index contributed by atoms with van der Waals surface area (Å²) in [6, 6.07) is 48.7. The van der Waals surface area contributed by atoms with Crippen LogP contribution in [0.4, 0.5) is 0 Å². The second-order valence-corrected chi connectivity index (χ2v) is 27.0. The van der Waals surface area contributed by atoms with Gasteiger partial charge in [0.25, 0.3) is 0 Å². The number of hydrogen-bond donors (Lipinski definition) is 3. The fourth-order valence-electron chi connectivity index (χ4n) is 11.6. The standard InChI is InChI=1S/C24H32O5.C23H32O4.C22H30O4.C19H24O3.2CH4/c1-6-17(2)20-7-9-23(10-8-20)28-12-11-19-13-21(15-26-4)24(29-18(3)25)22(14-19)16-27-5;1-6-23(2,3)20-7-9-21(10-8-20)27-12-11-17-13-18(15-25-4)22(24)19(14-17)16-26-5;1-6-17(3)18-7-9-21(10-8-18)25-15-26-22-19(13-23-4)11-16(2)12-20(22)14-24-5;1-4-14(3)15-5-7-18(8-6-15)22-12-17-10-13(2)9-16(11-20)19(17)21;;/h7-10,13-14,17H,6,11-12,15-16H2,1-5H3;7-10,13-14,24H,6,11-12,15-16H2,1-5H3;7-12,17H,6,13-15H2,1-5H3;5-10,14,20-21H,4,11-12H2,1-3H3;2*1H4. The van der Waals surface area contributed by atoms with E-state index < -0.39 is 0 Å². The summed E-state index contributed by atoms with van der Waals surface area (Å²) in [4.78, 5) is 11.5. The maximum atomic E-state index is 11.5. The molecule has 0 aliphatic rings. The zero-order valence-corrected chi connectivity index (χ0v) is 65.3. The smallest absolute Gasteiger partial charge is 0.308 e. The highest BCUT2D eigenvalue weighted by Crippen LogP contribution is 2.34. The normalized spacial score (nSPS) is 11.7. The highest BCUT2D eigenvalue weighted by atomic mass is 16.7. The minimum Gasteiger partial charge on any atom is -0.507 e. The average molecular weight is 1460 g/mol. The Hall–Kier alpha value is -8.45. The van der Waals surface area contributed by atoms with Crippen molar-refractivity contribution in [2.45, 2.75) is 212 Å². The molecule has 3 N–H and O–H groups in total. The van der Waals surface area contributed by atoms with Crippen molar-refractivity contribution >= 4 is 5.97 Å². The number of methoxy groups -OCH3 is 6. The van der Waals surface area contributed by atoms with Gasteiger partial charge < -0.3 is 72.2 Å². The molecule has 582 valence electrons. The molecule has 0 saturated carbocycles. The van der Waals surface area contributed by atoms with Gasteiger partial charge in [0.15, 0.2) is 0 Å². The summed E-state index contributed by atoms with van der Waals surface area (Å²) >= 11 is 0. The summed E-state index contributed by atoms with van der Waals surface area (Å²) in [5, 5.41) is 29.7. The molecule has 0 bridgehead atoms. The quantitative estimate of drug-likeness (QED) is 0.0189. The number of rotatable bonds is 37. The van der Waals surface area contributed by atoms with Crippen LogP contribution in [-0.2, 0) is 104 Å². The van der Waals surface area contributed by atoms with E-state index in [0.717, 1.165) is 123 Å². The maximum absolute atomic E-state index is 11.5. The second kappa shape index (κ2) is 48.7. The van der Waals surface area contributed by atoms with Crippen LogP contribution in [0.5, 0.6) is 46.0 Å². The van der Waals surface area contributed by atoms with Crippen molar-refractivity contribution in [2.75, 3.05) is 62.7 Å².